The van der Waals surface area contributed by atoms with Crippen molar-refractivity contribution in [1.29, 1.82) is 0 Å². The van der Waals surface area contributed by atoms with Gasteiger partial charge in [-0.2, -0.15) is 0 Å². The van der Waals surface area contributed by atoms with Crippen LogP contribution in [0.5, 0.6) is 0 Å². The zero-order chi connectivity index (χ0) is 21.4. The molecule has 3 aromatic rings. The molecule has 0 saturated heterocycles. The standard InChI is InChI=1S/C21H16ClFN2O4S/c1-29-17(27)11-24-20-19(30-21(24)28)13(18-14(22)8-5-9-15(18)23)10-16(26)25(20)12-6-3-2-4-7-12/h2-9,13H,10-11H2,1H3. The first-order valence-electron chi connectivity index (χ1n) is 9.04. The summed E-state index contributed by atoms with van der Waals surface area (Å²) in [6, 6.07) is 13.1. The second kappa shape index (κ2) is 8.04. The molecule has 0 N–H and O–H groups in total. The van der Waals surface area contributed by atoms with Gasteiger partial charge in [-0.15, -0.1) is 0 Å². The highest BCUT2D eigenvalue weighted by atomic mass is 35.5. The molecule has 0 radical (unpaired) electrons. The highest BCUT2D eigenvalue weighted by Gasteiger charge is 2.40. The van der Waals surface area contributed by atoms with Gasteiger partial charge < -0.3 is 4.74 Å². The molecule has 6 nitrogen and oxygen atoms in total. The lowest BCUT2D eigenvalue weighted by atomic mass is 9.90. The van der Waals surface area contributed by atoms with Crippen molar-refractivity contribution in [3.8, 4) is 0 Å². The molecule has 0 spiro atoms. The van der Waals surface area contributed by atoms with Gasteiger partial charge in [0.2, 0.25) is 5.91 Å². The van der Waals surface area contributed by atoms with Crippen LogP contribution in [0.15, 0.2) is 53.3 Å². The number of nitrogens with zero attached hydrogens (tertiary/aromatic N) is 2. The highest BCUT2D eigenvalue weighted by Crippen LogP contribution is 2.46. The molecule has 9 heteroatoms. The Labute approximate surface area is 180 Å². The second-order valence-electron chi connectivity index (χ2n) is 6.67. The van der Waals surface area contributed by atoms with E-state index >= 15 is 0 Å². The van der Waals surface area contributed by atoms with Crippen molar-refractivity contribution in [3.63, 3.8) is 0 Å². The summed E-state index contributed by atoms with van der Waals surface area (Å²) in [5, 5.41) is 0.173. The van der Waals surface area contributed by atoms with Crippen LogP contribution in [-0.4, -0.2) is 23.6 Å². The molecular weight excluding hydrogens is 431 g/mol. The summed E-state index contributed by atoms with van der Waals surface area (Å²) in [7, 11) is 1.22. The fourth-order valence-corrected chi connectivity index (χ4v) is 4.98. The van der Waals surface area contributed by atoms with Crippen molar-refractivity contribution in [1.82, 2.24) is 4.57 Å². The number of rotatable bonds is 4. The lowest BCUT2D eigenvalue weighted by Gasteiger charge is -2.33. The molecular formula is C21H16ClFN2O4S. The van der Waals surface area contributed by atoms with Gasteiger partial charge in [-0.25, -0.2) is 4.39 Å². The van der Waals surface area contributed by atoms with Gasteiger partial charge in [0.1, 0.15) is 18.2 Å². The Hall–Kier alpha value is -2.97. The minimum absolute atomic E-state index is 0.0687. The van der Waals surface area contributed by atoms with Crippen molar-refractivity contribution >= 4 is 46.3 Å². The van der Waals surface area contributed by atoms with E-state index in [2.05, 4.69) is 0 Å². The number of carbonyl (C=O) groups excluding carboxylic acids is 2. The number of thiazole rings is 1. The van der Waals surface area contributed by atoms with E-state index in [-0.39, 0.29) is 35.3 Å². The molecule has 0 fully saturated rings. The lowest BCUT2D eigenvalue weighted by Crippen LogP contribution is -2.36. The number of esters is 1. The number of aromatic nitrogens is 1. The van der Waals surface area contributed by atoms with Gasteiger partial charge in [0.15, 0.2) is 0 Å². The number of ether oxygens (including phenoxy) is 1. The topological polar surface area (TPSA) is 68.6 Å². The van der Waals surface area contributed by atoms with E-state index in [0.29, 0.717) is 10.6 Å². The van der Waals surface area contributed by atoms with E-state index in [1.807, 2.05) is 0 Å². The van der Waals surface area contributed by atoms with Crippen LogP contribution in [0.1, 0.15) is 22.8 Å². The van der Waals surface area contributed by atoms with Crippen molar-refractivity contribution in [2.24, 2.45) is 0 Å². The van der Waals surface area contributed by atoms with Gasteiger partial charge in [-0.05, 0) is 24.3 Å². The first-order chi connectivity index (χ1) is 14.4. The molecule has 154 valence electrons. The summed E-state index contributed by atoms with van der Waals surface area (Å²) in [5.41, 5.74) is 0.700. The summed E-state index contributed by atoms with van der Waals surface area (Å²) >= 11 is 7.14. The number of benzene rings is 2. The molecule has 1 aliphatic rings. The predicted octanol–water partition coefficient (Wildman–Crippen LogP) is 4.08. The minimum Gasteiger partial charge on any atom is -0.468 e. The largest absolute Gasteiger partial charge is 0.468 e. The zero-order valence-corrected chi connectivity index (χ0v) is 17.4. The van der Waals surface area contributed by atoms with E-state index in [0.717, 1.165) is 11.3 Å². The van der Waals surface area contributed by atoms with E-state index in [4.69, 9.17) is 16.3 Å². The maximum Gasteiger partial charge on any atom is 0.325 e. The van der Waals surface area contributed by atoms with Gasteiger partial charge in [0.25, 0.3) is 0 Å². The van der Waals surface area contributed by atoms with Gasteiger partial charge in [-0.3, -0.25) is 23.9 Å². The first kappa shape index (κ1) is 20.3. The van der Waals surface area contributed by atoms with Crippen molar-refractivity contribution in [2.75, 3.05) is 12.0 Å². The molecule has 1 aromatic heterocycles. The Bertz CT molecular complexity index is 1170. The molecule has 1 unspecified atom stereocenters. The quantitative estimate of drug-likeness (QED) is 0.566. The number of fused-ring (bicyclic) bond motifs is 1. The number of amides is 1. The molecule has 30 heavy (non-hydrogen) atoms. The lowest BCUT2D eigenvalue weighted by molar-refractivity contribution is -0.141. The average Bonchev–Trinajstić information content (AvgIpc) is 3.04. The number of para-hydroxylation sites is 1. The highest BCUT2D eigenvalue weighted by molar-refractivity contribution is 7.10. The first-order valence-corrected chi connectivity index (χ1v) is 10.2. The van der Waals surface area contributed by atoms with Crippen LogP contribution in [0.25, 0.3) is 0 Å². The summed E-state index contributed by atoms with van der Waals surface area (Å²) < 4.78 is 20.6. The van der Waals surface area contributed by atoms with Crippen molar-refractivity contribution in [2.45, 2.75) is 18.9 Å². The summed E-state index contributed by atoms with van der Waals surface area (Å²) in [5.74, 6) is -2.03. The summed E-state index contributed by atoms with van der Waals surface area (Å²) in [6.45, 7) is -0.366. The van der Waals surface area contributed by atoms with Crippen LogP contribution in [0.2, 0.25) is 5.02 Å². The zero-order valence-electron chi connectivity index (χ0n) is 15.8. The molecule has 4 rings (SSSR count). The maximum atomic E-state index is 14.7. The predicted molar refractivity (Wildman–Crippen MR) is 112 cm³/mol. The average molecular weight is 447 g/mol. The van der Waals surface area contributed by atoms with Crippen LogP contribution < -0.4 is 9.77 Å². The van der Waals surface area contributed by atoms with Crippen molar-refractivity contribution < 1.29 is 18.7 Å². The third-order valence-corrected chi connectivity index (χ3v) is 6.34. The Morgan fingerprint density at radius 3 is 2.60 bits per heavy atom. The van der Waals surface area contributed by atoms with Gasteiger partial charge in [-0.1, -0.05) is 47.2 Å². The molecule has 1 aliphatic heterocycles. The maximum absolute atomic E-state index is 14.7. The van der Waals surface area contributed by atoms with Gasteiger partial charge >= 0.3 is 10.8 Å². The SMILES string of the molecule is COC(=O)Cn1c2c(sc1=O)C(c1c(F)cccc1Cl)CC(=O)N2c1ccccc1. The summed E-state index contributed by atoms with van der Waals surface area (Å²) in [4.78, 5) is 39.4. The summed E-state index contributed by atoms with van der Waals surface area (Å²) in [6.07, 6.45) is -0.0687. The van der Waals surface area contributed by atoms with Crippen LogP contribution in [0, 0.1) is 5.82 Å². The van der Waals surface area contributed by atoms with Crippen molar-refractivity contribution in [3.05, 3.63) is 79.5 Å². The van der Waals surface area contributed by atoms with Gasteiger partial charge in [0.05, 0.1) is 17.7 Å². The molecule has 0 bridgehead atoms. The number of halogens is 2. The second-order valence-corrected chi connectivity index (χ2v) is 8.08. The van der Waals surface area contributed by atoms with Crippen LogP contribution >= 0.6 is 22.9 Å². The third kappa shape index (κ3) is 3.42. The molecule has 1 atom stereocenters. The Morgan fingerprint density at radius 1 is 1.20 bits per heavy atom. The fourth-order valence-electron chi connectivity index (χ4n) is 3.60. The van der Waals surface area contributed by atoms with E-state index < -0.39 is 22.6 Å². The van der Waals surface area contributed by atoms with E-state index in [1.54, 1.807) is 36.4 Å². The van der Waals surface area contributed by atoms with E-state index in [9.17, 15) is 18.8 Å². The third-order valence-electron chi connectivity index (χ3n) is 4.93. The number of methoxy groups -OCH3 is 1. The van der Waals surface area contributed by atoms with Gasteiger partial charge in [0, 0.05) is 22.9 Å². The number of carbonyl (C=O) groups is 2. The molecule has 0 saturated carbocycles. The smallest absolute Gasteiger partial charge is 0.325 e. The number of hydrogen-bond donors (Lipinski definition) is 0. The number of anilines is 2. The monoisotopic (exact) mass is 446 g/mol. The van der Waals surface area contributed by atoms with E-state index in [1.165, 1.54) is 28.7 Å². The van der Waals surface area contributed by atoms with Crippen LogP contribution in [0.3, 0.4) is 0 Å². The van der Waals surface area contributed by atoms with Crippen LogP contribution in [0.4, 0.5) is 15.9 Å². The Morgan fingerprint density at radius 2 is 1.93 bits per heavy atom. The fraction of sp³-hybridized carbons (Fsp3) is 0.190. The normalized spacial score (nSPS) is 15.8. The Balaban J connectivity index is 1.97. The Kier molecular flexibility index (Phi) is 5.44. The van der Waals surface area contributed by atoms with Crippen LogP contribution in [-0.2, 0) is 20.9 Å². The molecule has 0 aliphatic carbocycles. The molecule has 2 aromatic carbocycles. The molecule has 2 heterocycles. The molecule has 1 amide bonds. The number of hydrogen-bond acceptors (Lipinski definition) is 5. The minimum atomic E-state index is -0.738.